The molecule has 0 aliphatic rings. The summed E-state index contributed by atoms with van der Waals surface area (Å²) in [6, 6.07) is 0. The summed E-state index contributed by atoms with van der Waals surface area (Å²) in [6.45, 7) is 0. The topological polar surface area (TPSA) is 274 Å². The summed E-state index contributed by atoms with van der Waals surface area (Å²) >= 11 is 0. The van der Waals surface area contributed by atoms with Gasteiger partial charge < -0.3 is 49.3 Å². The van der Waals surface area contributed by atoms with Gasteiger partial charge in [0.05, 0.1) is 0 Å². The van der Waals surface area contributed by atoms with Crippen LogP contribution in [0.4, 0.5) is 0 Å². The minimum Gasteiger partial charge on any atom is -2.00 e. The monoisotopic (exact) mass is 212 g/mol. The first-order valence-electron chi connectivity index (χ1n) is 0. The Labute approximate surface area is 67.3 Å². The number of rotatable bonds is 0. The molecule has 0 aromatic rings. The van der Waals surface area contributed by atoms with Crippen molar-refractivity contribution in [3.63, 3.8) is 0 Å². The van der Waals surface area contributed by atoms with E-state index in [0.717, 1.165) is 0 Å². The van der Waals surface area contributed by atoms with Gasteiger partial charge in [-0.15, -0.1) is 0 Å². The Balaban J connectivity index is 0. The van der Waals surface area contributed by atoms with Crippen LogP contribution in [0, 0.1) is 0 Å². The summed E-state index contributed by atoms with van der Waals surface area (Å²) in [4.78, 5) is 0. The van der Waals surface area contributed by atoms with E-state index in [9.17, 15) is 0 Å². The fourth-order valence-electron chi connectivity index (χ4n) is 0. The zero-order valence-corrected chi connectivity index (χ0v) is 5.68. The van der Waals surface area contributed by atoms with Crippen LogP contribution in [0.2, 0.25) is 0 Å². The summed E-state index contributed by atoms with van der Waals surface area (Å²) < 4.78 is 0. The molecule has 0 heterocycles. The average Bonchev–Trinajstić information content (AvgIpc) is 0. The molecule has 0 bridgehead atoms. The van der Waals surface area contributed by atoms with Crippen LogP contribution in [0.3, 0.4) is 0 Å². The Bertz CT molecular complexity index is 4.69. The van der Waals surface area contributed by atoms with Gasteiger partial charge in [-0.25, -0.2) is 0 Å². The van der Waals surface area contributed by atoms with E-state index in [0.29, 0.717) is 0 Å². The van der Waals surface area contributed by atoms with Gasteiger partial charge in [0, 0.05) is 0 Å². The van der Waals surface area contributed by atoms with Crippen molar-refractivity contribution in [1.82, 2.24) is 0 Å². The molecule has 0 aromatic heterocycles. The number of hydrogen-bond acceptors (Lipinski definition) is 0. The van der Waals surface area contributed by atoms with E-state index in [-0.39, 0.29) is 66.4 Å². The van der Waals surface area contributed by atoms with Gasteiger partial charge in [0.15, 0.2) is 0 Å². The zero-order valence-electron chi connectivity index (χ0n) is 4.58. The molecule has 0 aromatic carbocycles. The van der Waals surface area contributed by atoms with Gasteiger partial charge in [-0.1, -0.05) is 0 Å². The first kappa shape index (κ1) is 33500. The fraction of sp³-hybridized carbons (Fsp3) is 0. The molecule has 0 radical (unpaired) electrons. The van der Waals surface area contributed by atoms with Gasteiger partial charge in [-0.2, -0.15) is 0 Å². The molecule has 0 unspecified atom stereocenters. The van der Waals surface area contributed by atoms with Gasteiger partial charge in [0.2, 0.25) is 0 Å². The van der Waals surface area contributed by atoms with E-state index < -0.39 is 0 Å². The molecule has 0 spiro atoms. The average molecular weight is 212 g/mol. The van der Waals surface area contributed by atoms with Crippen molar-refractivity contribution in [2.75, 3.05) is 0 Å². The third kappa shape index (κ3) is 16400. The Kier molecular flexibility index (Phi) is 80300000. The molecule has 74 valence electrons. The SMILES string of the molecule is O.O.O.O.O.O.[Fe+6].[O-2].[O-2].[O-2]. The van der Waals surface area contributed by atoms with Crippen molar-refractivity contribution in [3.8, 4) is 0 Å². The molecule has 10 heteroatoms. The molecule has 0 aliphatic heterocycles. The van der Waals surface area contributed by atoms with Crippen molar-refractivity contribution in [3.05, 3.63) is 0 Å². The summed E-state index contributed by atoms with van der Waals surface area (Å²) in [5.41, 5.74) is 0. The summed E-state index contributed by atoms with van der Waals surface area (Å²) in [5.74, 6) is 0. The molecule has 0 rings (SSSR count). The van der Waals surface area contributed by atoms with Crippen LogP contribution in [-0.2, 0) is 33.5 Å². The molecular weight excluding hydrogens is 200 g/mol. The van der Waals surface area contributed by atoms with E-state index in [1.54, 1.807) is 0 Å². The molecular formula is H12FeO9. The predicted molar refractivity (Wildman–Crippen MR) is 23.7 cm³/mol. The fourth-order valence-corrected chi connectivity index (χ4v) is 0. The molecule has 0 saturated carbocycles. The van der Waals surface area contributed by atoms with Crippen molar-refractivity contribution in [2.24, 2.45) is 0 Å². The molecule has 0 atom stereocenters. The van der Waals surface area contributed by atoms with E-state index in [1.165, 1.54) is 0 Å². The molecule has 0 fully saturated rings. The standard InChI is InChI=1S/Fe.6H2O.3O/h;6*1H2;;;/q+6;;;;;;;3*-2. The Hall–Kier alpha value is 0.159. The Morgan fingerprint density at radius 3 is 0.300 bits per heavy atom. The van der Waals surface area contributed by atoms with Gasteiger partial charge in [0.25, 0.3) is 0 Å². The Morgan fingerprint density at radius 2 is 0.300 bits per heavy atom. The molecule has 0 amide bonds. The number of hydrogen-bond donors (Lipinski definition) is 0. The van der Waals surface area contributed by atoms with Crippen molar-refractivity contribution in [1.29, 1.82) is 0 Å². The van der Waals surface area contributed by atoms with Gasteiger partial charge >= 0.3 is 17.1 Å². The van der Waals surface area contributed by atoms with Crippen LogP contribution in [0.1, 0.15) is 0 Å². The maximum atomic E-state index is 0. The Morgan fingerprint density at radius 1 is 0.300 bits per heavy atom. The van der Waals surface area contributed by atoms with Crippen LogP contribution in [0.15, 0.2) is 0 Å². The molecule has 0 aliphatic carbocycles. The summed E-state index contributed by atoms with van der Waals surface area (Å²) in [5, 5.41) is 0. The maximum absolute atomic E-state index is 0. The third-order valence-electron chi connectivity index (χ3n) is 0. The van der Waals surface area contributed by atoms with E-state index in [4.69, 9.17) is 0 Å². The van der Waals surface area contributed by atoms with E-state index in [1.807, 2.05) is 0 Å². The van der Waals surface area contributed by atoms with Crippen molar-refractivity contribution < 1.29 is 66.4 Å². The molecule has 9 nitrogen and oxygen atoms in total. The summed E-state index contributed by atoms with van der Waals surface area (Å²) in [7, 11) is 0. The first-order valence-corrected chi connectivity index (χ1v) is 0. The summed E-state index contributed by atoms with van der Waals surface area (Å²) in [6.07, 6.45) is 0. The molecule has 12 N–H and O–H groups in total. The molecule has 0 saturated heterocycles. The van der Waals surface area contributed by atoms with Crippen LogP contribution in [0.25, 0.3) is 0 Å². The third-order valence-corrected chi connectivity index (χ3v) is 0. The van der Waals surface area contributed by atoms with Crippen LogP contribution in [0.5, 0.6) is 0 Å². The van der Waals surface area contributed by atoms with Crippen LogP contribution >= 0.6 is 0 Å². The van der Waals surface area contributed by atoms with Gasteiger partial charge in [-0.05, 0) is 0 Å². The van der Waals surface area contributed by atoms with E-state index >= 15 is 0 Å². The van der Waals surface area contributed by atoms with Gasteiger partial charge in [0.1, 0.15) is 0 Å². The second-order valence-corrected chi connectivity index (χ2v) is 0. The van der Waals surface area contributed by atoms with Crippen molar-refractivity contribution in [2.45, 2.75) is 0 Å². The minimum absolute atomic E-state index is 0. The maximum Gasteiger partial charge on any atom is 6.00 e. The molecule has 10 heavy (non-hydrogen) atoms. The predicted octanol–water partition coefficient (Wildman–Crippen LogP) is -5.31. The minimum atomic E-state index is 0. The van der Waals surface area contributed by atoms with Gasteiger partial charge in [-0.3, -0.25) is 0 Å². The zero-order chi connectivity index (χ0) is 0. The van der Waals surface area contributed by atoms with Crippen molar-refractivity contribution >= 4 is 0 Å². The normalized spacial score (nSPS) is 0. The second-order valence-electron chi connectivity index (χ2n) is 0. The smallest absolute Gasteiger partial charge is 2.00 e. The van der Waals surface area contributed by atoms with Crippen LogP contribution in [-0.4, -0.2) is 32.9 Å². The quantitative estimate of drug-likeness (QED) is 0.339. The largest absolute Gasteiger partial charge is 6.00 e. The first-order chi connectivity index (χ1) is 0. The van der Waals surface area contributed by atoms with E-state index in [2.05, 4.69) is 0 Å². The second kappa shape index (κ2) is 24000. The van der Waals surface area contributed by atoms with Crippen LogP contribution < -0.4 is 0 Å².